The second-order valence-electron chi connectivity index (χ2n) is 4.53. The van der Waals surface area contributed by atoms with Crippen molar-refractivity contribution in [3.8, 4) is 0 Å². The van der Waals surface area contributed by atoms with Crippen molar-refractivity contribution >= 4 is 5.97 Å². The van der Waals surface area contributed by atoms with Crippen LogP contribution in [-0.4, -0.2) is 41.8 Å². The van der Waals surface area contributed by atoms with Crippen LogP contribution in [0, 0.1) is 0 Å². The van der Waals surface area contributed by atoms with Gasteiger partial charge in [0, 0.05) is 25.5 Å². The highest BCUT2D eigenvalue weighted by atomic mass is 16.7. The molecule has 6 heteroatoms. The summed E-state index contributed by atoms with van der Waals surface area (Å²) in [5, 5.41) is 6.97. The highest BCUT2D eigenvalue weighted by Crippen LogP contribution is 2.35. The molecule has 0 bridgehead atoms. The molecular formula is C14H24N2O4. The Morgan fingerprint density at radius 3 is 2.80 bits per heavy atom. The molecule has 20 heavy (non-hydrogen) atoms. The third-order valence-corrected chi connectivity index (χ3v) is 3.44. The average Bonchev–Trinajstić information content (AvgIpc) is 3.09. The number of hydrogen-bond donors (Lipinski definition) is 1. The van der Waals surface area contributed by atoms with Gasteiger partial charge < -0.3 is 14.2 Å². The summed E-state index contributed by atoms with van der Waals surface area (Å²) >= 11 is 0. The van der Waals surface area contributed by atoms with Crippen molar-refractivity contribution < 1.29 is 20.4 Å². The van der Waals surface area contributed by atoms with E-state index in [-0.39, 0.29) is 7.40 Å². The number of carbonyl (C=O) groups is 1. The minimum atomic E-state index is -0.557. The van der Waals surface area contributed by atoms with E-state index in [1.54, 1.807) is 6.92 Å². The van der Waals surface area contributed by atoms with Crippen molar-refractivity contribution in [1.29, 1.82) is 0 Å². The summed E-state index contributed by atoms with van der Waals surface area (Å²) in [6.07, 6.45) is 2.14. The largest absolute Gasteiger partial charge is 0.461 e. The number of aryl methyl sites for hydroxylation is 1. The van der Waals surface area contributed by atoms with Crippen LogP contribution in [0.1, 0.15) is 50.4 Å². The predicted octanol–water partition coefficient (Wildman–Crippen LogP) is 2.09. The van der Waals surface area contributed by atoms with Crippen LogP contribution in [0.3, 0.4) is 0 Å². The molecule has 1 N–H and O–H groups in total. The van der Waals surface area contributed by atoms with E-state index in [0.717, 1.165) is 24.1 Å². The van der Waals surface area contributed by atoms with Gasteiger partial charge in [0.15, 0.2) is 11.5 Å². The van der Waals surface area contributed by atoms with Gasteiger partial charge >= 0.3 is 5.97 Å². The van der Waals surface area contributed by atoms with Gasteiger partial charge in [-0.25, -0.2) is 4.79 Å². The molecule has 0 saturated carbocycles. The van der Waals surface area contributed by atoms with Crippen LogP contribution in [0.25, 0.3) is 0 Å². The first kappa shape index (κ1) is 15.0. The lowest BCUT2D eigenvalue weighted by atomic mass is 9.90. The summed E-state index contributed by atoms with van der Waals surface area (Å²) in [5.41, 5.74) is 2.23. The maximum atomic E-state index is 11.8. The summed E-state index contributed by atoms with van der Waals surface area (Å²) in [5.74, 6) is -0.942. The summed E-state index contributed by atoms with van der Waals surface area (Å²) in [7, 11) is 0. The van der Waals surface area contributed by atoms with Crippen molar-refractivity contribution in [3.05, 3.63) is 17.0 Å². The Hall–Kier alpha value is -1.40. The lowest BCUT2D eigenvalue weighted by Crippen LogP contribution is -2.37. The fourth-order valence-corrected chi connectivity index (χ4v) is 2.58. The molecule has 0 aromatic carbocycles. The number of fused-ring (bicyclic) bond motifs is 1. The summed E-state index contributed by atoms with van der Waals surface area (Å²) in [4.78, 5) is 11.8. The number of hydrogen-bond acceptors (Lipinski definition) is 5. The number of rotatable bonds is 2. The molecule has 1 spiro atoms. The van der Waals surface area contributed by atoms with E-state index in [9.17, 15) is 4.79 Å². The first-order valence-corrected chi connectivity index (χ1v) is 7.25. The monoisotopic (exact) mass is 284 g/mol. The third-order valence-electron chi connectivity index (χ3n) is 3.44. The van der Waals surface area contributed by atoms with Crippen LogP contribution in [0.15, 0.2) is 0 Å². The molecule has 1 aromatic rings. The van der Waals surface area contributed by atoms with E-state index in [2.05, 4.69) is 10.2 Å². The maximum Gasteiger partial charge on any atom is 0.359 e. The second-order valence-corrected chi connectivity index (χ2v) is 4.53. The van der Waals surface area contributed by atoms with Gasteiger partial charge in [-0.2, -0.15) is 5.10 Å². The molecule has 0 unspecified atom stereocenters. The molecule has 2 aliphatic rings. The molecule has 114 valence electrons. The lowest BCUT2D eigenvalue weighted by molar-refractivity contribution is -0.163. The van der Waals surface area contributed by atoms with E-state index >= 15 is 0 Å². The fourth-order valence-electron chi connectivity index (χ4n) is 2.58. The van der Waals surface area contributed by atoms with Crippen molar-refractivity contribution in [2.45, 2.75) is 45.8 Å². The number of ether oxygens (including phenoxy) is 3. The van der Waals surface area contributed by atoms with Crippen molar-refractivity contribution in [2.75, 3.05) is 19.8 Å². The molecule has 3 rings (SSSR count). The van der Waals surface area contributed by atoms with Crippen LogP contribution < -0.4 is 0 Å². The van der Waals surface area contributed by atoms with E-state index < -0.39 is 5.79 Å². The highest BCUT2D eigenvalue weighted by molar-refractivity contribution is 5.89. The fraction of sp³-hybridized carbons (Fsp3) is 0.714. The summed E-state index contributed by atoms with van der Waals surface area (Å²) < 4.78 is 16.4. The molecule has 1 aliphatic heterocycles. The van der Waals surface area contributed by atoms with Crippen LogP contribution in [0.4, 0.5) is 0 Å². The Morgan fingerprint density at radius 1 is 1.45 bits per heavy atom. The first-order valence-electron chi connectivity index (χ1n) is 7.25. The summed E-state index contributed by atoms with van der Waals surface area (Å²) in [6.45, 7) is 7.35. The zero-order valence-electron chi connectivity index (χ0n) is 12.3. The molecule has 0 atom stereocenters. The van der Waals surface area contributed by atoms with Crippen LogP contribution in [-0.2, 0) is 27.1 Å². The number of nitrogens with one attached hydrogen (secondary N) is 1. The zero-order valence-corrected chi connectivity index (χ0v) is 12.3. The van der Waals surface area contributed by atoms with E-state index in [0.29, 0.717) is 31.9 Å². The highest BCUT2D eigenvalue weighted by Gasteiger charge is 2.42. The van der Waals surface area contributed by atoms with Gasteiger partial charge in [0.25, 0.3) is 0 Å². The Labute approximate surface area is 120 Å². The van der Waals surface area contributed by atoms with Crippen molar-refractivity contribution in [1.82, 2.24) is 10.2 Å². The Balaban J connectivity index is 0.000000706. The van der Waals surface area contributed by atoms with Gasteiger partial charge in [0.05, 0.1) is 19.8 Å². The van der Waals surface area contributed by atoms with Crippen molar-refractivity contribution in [2.24, 2.45) is 0 Å². The smallest absolute Gasteiger partial charge is 0.359 e. The van der Waals surface area contributed by atoms with Gasteiger partial charge in [-0.1, -0.05) is 13.8 Å². The standard InChI is InChI=1S/C12H16N2O4.C2H6.H2/c1-2-16-11(15)10-8-7-12(17-5-6-18-12)4-3-9(8)13-14-10;1-2;/h2-7H2,1H3,(H,13,14);1-2H3;1H. The third kappa shape index (κ3) is 2.71. The maximum absolute atomic E-state index is 11.8. The number of aromatic nitrogens is 2. The molecule has 1 aliphatic carbocycles. The molecule has 1 saturated heterocycles. The quantitative estimate of drug-likeness (QED) is 0.842. The molecule has 1 aromatic heterocycles. The van der Waals surface area contributed by atoms with Crippen LogP contribution in [0.2, 0.25) is 0 Å². The van der Waals surface area contributed by atoms with Gasteiger partial charge in [0.2, 0.25) is 0 Å². The molecule has 6 nitrogen and oxygen atoms in total. The minimum absolute atomic E-state index is 0. The van der Waals surface area contributed by atoms with Crippen LogP contribution in [0.5, 0.6) is 0 Å². The van der Waals surface area contributed by atoms with Gasteiger partial charge in [0.1, 0.15) is 0 Å². The molecule has 0 radical (unpaired) electrons. The van der Waals surface area contributed by atoms with Crippen LogP contribution >= 0.6 is 0 Å². The topological polar surface area (TPSA) is 73.4 Å². The SMILES string of the molecule is CC.CCOC(=O)c1n[nH]c2c1CC1(CC2)OCCO1.[HH]. The van der Waals surface area contributed by atoms with Gasteiger partial charge in [-0.3, -0.25) is 5.10 Å². The minimum Gasteiger partial charge on any atom is -0.461 e. The normalized spacial score (nSPS) is 19.1. The number of aromatic amines is 1. The molecule has 2 heterocycles. The number of carbonyl (C=O) groups excluding carboxylic acids is 1. The Morgan fingerprint density at radius 2 is 2.15 bits per heavy atom. The number of nitrogens with zero attached hydrogens (tertiary/aromatic N) is 1. The number of H-pyrrole nitrogens is 1. The first-order chi connectivity index (χ1) is 9.74. The Bertz CT molecular complexity index is 470. The van der Waals surface area contributed by atoms with E-state index in [1.165, 1.54) is 0 Å². The molecular weight excluding hydrogens is 260 g/mol. The van der Waals surface area contributed by atoms with Gasteiger partial charge in [-0.05, 0) is 13.3 Å². The number of esters is 1. The molecule has 0 amide bonds. The van der Waals surface area contributed by atoms with E-state index in [4.69, 9.17) is 14.2 Å². The molecule has 1 fully saturated rings. The van der Waals surface area contributed by atoms with Crippen molar-refractivity contribution in [3.63, 3.8) is 0 Å². The second kappa shape index (κ2) is 6.37. The summed E-state index contributed by atoms with van der Waals surface area (Å²) in [6, 6.07) is 0. The zero-order chi connectivity index (χ0) is 14.6. The van der Waals surface area contributed by atoms with E-state index in [1.807, 2.05) is 13.8 Å². The van der Waals surface area contributed by atoms with Gasteiger partial charge in [-0.15, -0.1) is 0 Å². The average molecular weight is 284 g/mol. The predicted molar refractivity (Wildman–Crippen MR) is 74.7 cm³/mol. The lowest BCUT2D eigenvalue weighted by Gasteiger charge is -2.31. The Kier molecular flexibility index (Phi) is 4.77.